The van der Waals surface area contributed by atoms with Crippen LogP contribution in [0.4, 0.5) is 5.82 Å². The maximum absolute atomic E-state index is 12.3. The Balaban J connectivity index is 2.22. The second-order valence-corrected chi connectivity index (χ2v) is 5.18. The summed E-state index contributed by atoms with van der Waals surface area (Å²) >= 11 is 3.36. The Morgan fingerprint density at radius 2 is 2.20 bits per heavy atom. The van der Waals surface area contributed by atoms with E-state index in [9.17, 15) is 4.79 Å². The number of hydrogen-bond acceptors (Lipinski definition) is 4. The number of halogens is 1. The molecule has 104 valence electrons. The van der Waals surface area contributed by atoms with Gasteiger partial charge in [-0.05, 0) is 29.8 Å². The average molecular weight is 337 g/mol. The summed E-state index contributed by atoms with van der Waals surface area (Å²) in [6, 6.07) is 1.49. The van der Waals surface area contributed by atoms with E-state index in [1.54, 1.807) is 24.9 Å². The molecule has 0 aromatic carbocycles. The molecular weight excluding hydrogens is 324 g/mol. The zero-order chi connectivity index (χ0) is 14.9. The van der Waals surface area contributed by atoms with E-state index in [1.165, 1.54) is 10.9 Å². The van der Waals surface area contributed by atoms with E-state index in [1.807, 2.05) is 13.0 Å². The lowest BCUT2D eigenvalue weighted by Gasteiger charge is -2.14. The molecule has 0 bridgehead atoms. The third kappa shape index (κ3) is 2.44. The number of carbonyl (C=O) groups is 1. The van der Waals surface area contributed by atoms with Gasteiger partial charge >= 0.3 is 0 Å². The van der Waals surface area contributed by atoms with Crippen LogP contribution in [0.5, 0.6) is 0 Å². The minimum absolute atomic E-state index is 0.260. The highest BCUT2D eigenvalue weighted by atomic mass is 79.9. The molecule has 8 heteroatoms. The van der Waals surface area contributed by atoms with Crippen molar-refractivity contribution in [2.75, 3.05) is 5.32 Å². The molecule has 0 saturated carbocycles. The zero-order valence-corrected chi connectivity index (χ0v) is 12.8. The number of aryl methyl sites for hydroxylation is 1. The standard InChI is InChI=1S/C12H13BrN6O/c1-7-10(13)6-16-19(7)8(2)12(20)17-11-9(4-14)5-15-18(11)3/h5-6,8H,1-3H3,(H,17,20). The normalized spacial score (nSPS) is 11.9. The van der Waals surface area contributed by atoms with Crippen molar-refractivity contribution in [3.63, 3.8) is 0 Å². The van der Waals surface area contributed by atoms with Gasteiger partial charge in [-0.1, -0.05) is 0 Å². The second kappa shape index (κ2) is 5.46. The largest absolute Gasteiger partial charge is 0.308 e. The predicted molar refractivity (Wildman–Crippen MR) is 75.9 cm³/mol. The Morgan fingerprint density at radius 1 is 1.50 bits per heavy atom. The van der Waals surface area contributed by atoms with E-state index in [0.717, 1.165) is 10.2 Å². The van der Waals surface area contributed by atoms with Crippen LogP contribution in [-0.2, 0) is 11.8 Å². The third-order valence-corrected chi connectivity index (χ3v) is 3.81. The molecule has 2 aromatic heterocycles. The van der Waals surface area contributed by atoms with Crippen molar-refractivity contribution in [1.29, 1.82) is 5.26 Å². The molecular formula is C12H13BrN6O. The molecule has 0 fully saturated rings. The Kier molecular flexibility index (Phi) is 3.90. The van der Waals surface area contributed by atoms with Crippen molar-refractivity contribution in [2.45, 2.75) is 19.9 Å². The van der Waals surface area contributed by atoms with E-state index in [-0.39, 0.29) is 5.91 Å². The lowest BCUT2D eigenvalue weighted by molar-refractivity contribution is -0.119. The van der Waals surface area contributed by atoms with Gasteiger partial charge in [-0.15, -0.1) is 0 Å². The summed E-state index contributed by atoms with van der Waals surface area (Å²) in [6.45, 7) is 3.61. The van der Waals surface area contributed by atoms with Gasteiger partial charge in [0.05, 0.1) is 22.6 Å². The maximum Gasteiger partial charge on any atom is 0.250 e. The molecule has 0 aliphatic rings. The average Bonchev–Trinajstić information content (AvgIpc) is 2.94. The van der Waals surface area contributed by atoms with Crippen LogP contribution in [0.1, 0.15) is 24.2 Å². The van der Waals surface area contributed by atoms with Crippen LogP contribution in [0.25, 0.3) is 0 Å². The maximum atomic E-state index is 12.3. The SMILES string of the molecule is Cc1c(Br)cnn1C(C)C(=O)Nc1c(C#N)cnn1C. The third-order valence-electron chi connectivity index (χ3n) is 3.03. The number of aromatic nitrogens is 4. The van der Waals surface area contributed by atoms with Gasteiger partial charge < -0.3 is 5.32 Å². The van der Waals surface area contributed by atoms with Gasteiger partial charge in [0.1, 0.15) is 23.5 Å². The molecule has 1 amide bonds. The van der Waals surface area contributed by atoms with Crippen LogP contribution in [0.2, 0.25) is 0 Å². The van der Waals surface area contributed by atoms with Gasteiger partial charge in [0.2, 0.25) is 5.91 Å². The first-order valence-electron chi connectivity index (χ1n) is 5.88. The highest BCUT2D eigenvalue weighted by Crippen LogP contribution is 2.20. The Morgan fingerprint density at radius 3 is 2.75 bits per heavy atom. The molecule has 0 radical (unpaired) electrons. The Hall–Kier alpha value is -2.14. The van der Waals surface area contributed by atoms with Crippen LogP contribution >= 0.6 is 15.9 Å². The van der Waals surface area contributed by atoms with Crippen LogP contribution in [0, 0.1) is 18.3 Å². The number of nitriles is 1. The van der Waals surface area contributed by atoms with Gasteiger partial charge in [0, 0.05) is 7.05 Å². The van der Waals surface area contributed by atoms with Gasteiger partial charge in [0.15, 0.2) is 0 Å². The molecule has 2 aromatic rings. The van der Waals surface area contributed by atoms with Crippen molar-refractivity contribution >= 4 is 27.7 Å². The van der Waals surface area contributed by atoms with Crippen LogP contribution < -0.4 is 5.32 Å². The summed E-state index contributed by atoms with van der Waals surface area (Å²) in [5, 5.41) is 19.8. The first-order valence-corrected chi connectivity index (χ1v) is 6.67. The number of rotatable bonds is 3. The topological polar surface area (TPSA) is 88.5 Å². The van der Waals surface area contributed by atoms with Crippen molar-refractivity contribution in [3.05, 3.63) is 28.1 Å². The molecule has 20 heavy (non-hydrogen) atoms. The molecule has 0 aliphatic heterocycles. The van der Waals surface area contributed by atoms with E-state index in [2.05, 4.69) is 31.4 Å². The number of hydrogen-bond donors (Lipinski definition) is 1. The fourth-order valence-electron chi connectivity index (χ4n) is 1.79. The highest BCUT2D eigenvalue weighted by Gasteiger charge is 2.21. The monoisotopic (exact) mass is 336 g/mol. The van der Waals surface area contributed by atoms with E-state index < -0.39 is 6.04 Å². The number of nitrogens with one attached hydrogen (secondary N) is 1. The van der Waals surface area contributed by atoms with Crippen molar-refractivity contribution in [3.8, 4) is 6.07 Å². The lowest BCUT2D eigenvalue weighted by Crippen LogP contribution is -2.26. The van der Waals surface area contributed by atoms with Crippen LogP contribution in [0.3, 0.4) is 0 Å². The highest BCUT2D eigenvalue weighted by molar-refractivity contribution is 9.10. The number of carbonyl (C=O) groups excluding carboxylic acids is 1. The molecule has 2 rings (SSSR count). The van der Waals surface area contributed by atoms with Gasteiger partial charge in [0.25, 0.3) is 0 Å². The first-order chi connectivity index (χ1) is 9.45. The van der Waals surface area contributed by atoms with Gasteiger partial charge in [-0.25, -0.2) is 0 Å². The summed E-state index contributed by atoms with van der Waals surface area (Å²) in [6.07, 6.45) is 3.06. The minimum atomic E-state index is -0.497. The molecule has 1 unspecified atom stereocenters. The smallest absolute Gasteiger partial charge is 0.250 e. The van der Waals surface area contributed by atoms with E-state index >= 15 is 0 Å². The number of anilines is 1. The predicted octanol–water partition coefficient (Wildman–Crippen LogP) is 1.76. The van der Waals surface area contributed by atoms with Crippen molar-refractivity contribution in [1.82, 2.24) is 19.6 Å². The summed E-state index contributed by atoms with van der Waals surface area (Å²) in [4.78, 5) is 12.3. The van der Waals surface area contributed by atoms with Gasteiger partial charge in [-0.2, -0.15) is 15.5 Å². The fraction of sp³-hybridized carbons (Fsp3) is 0.333. The Bertz CT molecular complexity index is 695. The van der Waals surface area contributed by atoms with Crippen LogP contribution in [0.15, 0.2) is 16.9 Å². The van der Waals surface area contributed by atoms with E-state index in [4.69, 9.17) is 5.26 Å². The molecule has 0 aliphatic carbocycles. The molecule has 1 N–H and O–H groups in total. The Labute approximate surface area is 124 Å². The molecule has 0 spiro atoms. The fourth-order valence-corrected chi connectivity index (χ4v) is 2.07. The minimum Gasteiger partial charge on any atom is -0.308 e. The summed E-state index contributed by atoms with van der Waals surface area (Å²) < 4.78 is 3.91. The number of amides is 1. The zero-order valence-electron chi connectivity index (χ0n) is 11.3. The molecule has 0 saturated heterocycles. The van der Waals surface area contributed by atoms with Crippen molar-refractivity contribution < 1.29 is 4.79 Å². The molecule has 2 heterocycles. The van der Waals surface area contributed by atoms with Gasteiger partial charge in [-0.3, -0.25) is 14.2 Å². The quantitative estimate of drug-likeness (QED) is 0.924. The van der Waals surface area contributed by atoms with E-state index in [0.29, 0.717) is 11.4 Å². The summed E-state index contributed by atoms with van der Waals surface area (Å²) in [7, 11) is 1.66. The summed E-state index contributed by atoms with van der Waals surface area (Å²) in [5.74, 6) is 0.122. The molecule has 1 atom stereocenters. The molecule has 7 nitrogen and oxygen atoms in total. The summed E-state index contributed by atoms with van der Waals surface area (Å²) in [5.41, 5.74) is 1.18. The number of nitrogens with zero attached hydrogens (tertiary/aromatic N) is 5. The van der Waals surface area contributed by atoms with Crippen molar-refractivity contribution in [2.24, 2.45) is 7.05 Å². The lowest BCUT2D eigenvalue weighted by atomic mass is 10.3. The van der Waals surface area contributed by atoms with Crippen LogP contribution in [-0.4, -0.2) is 25.5 Å². The first kappa shape index (κ1) is 14.3. The second-order valence-electron chi connectivity index (χ2n) is 4.33.